The zero-order valence-corrected chi connectivity index (χ0v) is 13.5. The predicted octanol–water partition coefficient (Wildman–Crippen LogP) is 2.82. The summed E-state index contributed by atoms with van der Waals surface area (Å²) in [6.07, 6.45) is -4.61. The second kappa shape index (κ2) is 8.07. The number of halogens is 5. The third-order valence-electron chi connectivity index (χ3n) is 3.11. The quantitative estimate of drug-likeness (QED) is 0.789. The number of benzene rings is 1. The van der Waals surface area contributed by atoms with Crippen molar-refractivity contribution >= 4 is 5.91 Å². The van der Waals surface area contributed by atoms with E-state index in [0.717, 1.165) is 18.2 Å². The van der Waals surface area contributed by atoms with Gasteiger partial charge in [-0.25, -0.2) is 18.7 Å². The number of aryl methyl sites for hydroxylation is 1. The van der Waals surface area contributed by atoms with Crippen LogP contribution in [0.3, 0.4) is 0 Å². The highest BCUT2D eigenvalue weighted by molar-refractivity contribution is 5.77. The van der Waals surface area contributed by atoms with Crippen molar-refractivity contribution in [3.63, 3.8) is 0 Å². The number of hydrogen-bond acceptors (Lipinski definition) is 4. The highest BCUT2D eigenvalue weighted by Crippen LogP contribution is 2.27. The summed E-state index contributed by atoms with van der Waals surface area (Å²) in [6.45, 7) is 0.837. The van der Waals surface area contributed by atoms with Crippen molar-refractivity contribution in [1.82, 2.24) is 15.3 Å². The molecule has 0 fully saturated rings. The van der Waals surface area contributed by atoms with Gasteiger partial charge in [0.2, 0.25) is 0 Å². The summed E-state index contributed by atoms with van der Waals surface area (Å²) in [4.78, 5) is 18.9. The van der Waals surface area contributed by atoms with Crippen LogP contribution in [0.15, 0.2) is 24.3 Å². The first-order valence-corrected chi connectivity index (χ1v) is 7.41. The minimum atomic E-state index is -4.58. The fourth-order valence-corrected chi connectivity index (χ4v) is 1.99. The van der Waals surface area contributed by atoms with E-state index < -0.39 is 36.0 Å². The number of carbonyl (C=O) groups excluding carboxylic acids is 1. The monoisotopic (exact) mass is 375 g/mol. The van der Waals surface area contributed by atoms with E-state index in [4.69, 9.17) is 4.74 Å². The van der Waals surface area contributed by atoms with Gasteiger partial charge in [0.05, 0.1) is 0 Å². The van der Waals surface area contributed by atoms with Crippen molar-refractivity contribution in [3.8, 4) is 5.75 Å². The Kier molecular flexibility index (Phi) is 6.06. The van der Waals surface area contributed by atoms with Gasteiger partial charge in [-0.15, -0.1) is 0 Å². The lowest BCUT2D eigenvalue weighted by atomic mass is 10.3. The largest absolute Gasteiger partial charge is 0.481 e. The SMILES string of the molecule is Cc1cc(C(F)(F)F)nc(CCNC(=O)COc2ccc(F)cc2F)n1. The molecule has 0 atom stereocenters. The molecule has 0 bridgehead atoms. The molecule has 26 heavy (non-hydrogen) atoms. The molecule has 1 heterocycles. The van der Waals surface area contributed by atoms with Crippen LogP contribution in [0, 0.1) is 18.6 Å². The van der Waals surface area contributed by atoms with Crippen LogP contribution in [0.4, 0.5) is 22.0 Å². The van der Waals surface area contributed by atoms with Gasteiger partial charge in [-0.1, -0.05) is 0 Å². The summed E-state index contributed by atoms with van der Waals surface area (Å²) in [6, 6.07) is 3.45. The molecule has 1 aromatic heterocycles. The minimum Gasteiger partial charge on any atom is -0.481 e. The highest BCUT2D eigenvalue weighted by atomic mass is 19.4. The fourth-order valence-electron chi connectivity index (χ4n) is 1.99. The molecule has 0 saturated carbocycles. The summed E-state index contributed by atoms with van der Waals surface area (Å²) < 4.78 is 69.1. The van der Waals surface area contributed by atoms with E-state index in [1.165, 1.54) is 6.92 Å². The van der Waals surface area contributed by atoms with Gasteiger partial charge in [-0.05, 0) is 25.1 Å². The van der Waals surface area contributed by atoms with Crippen LogP contribution in [0.2, 0.25) is 0 Å². The number of hydrogen-bond donors (Lipinski definition) is 1. The lowest BCUT2D eigenvalue weighted by Gasteiger charge is -2.10. The summed E-state index contributed by atoms with van der Waals surface area (Å²) in [5.41, 5.74) is -0.898. The molecule has 5 nitrogen and oxygen atoms in total. The predicted molar refractivity (Wildman–Crippen MR) is 80.3 cm³/mol. The maximum Gasteiger partial charge on any atom is 0.433 e. The standard InChI is InChI=1S/C16H14F5N3O2/c1-9-6-13(16(19,20)21)24-14(23-9)4-5-22-15(25)8-26-12-3-2-10(17)7-11(12)18/h2-3,6-7H,4-5,8H2,1H3,(H,22,25). The maximum atomic E-state index is 13.3. The molecule has 0 unspecified atom stereocenters. The minimum absolute atomic E-state index is 0.0264. The molecule has 0 radical (unpaired) electrons. The van der Waals surface area contributed by atoms with Gasteiger partial charge in [0.15, 0.2) is 18.2 Å². The molecule has 0 aliphatic heterocycles. The van der Waals surface area contributed by atoms with Crippen molar-refractivity contribution in [2.24, 2.45) is 0 Å². The van der Waals surface area contributed by atoms with Gasteiger partial charge in [-0.2, -0.15) is 13.2 Å². The first-order valence-electron chi connectivity index (χ1n) is 7.41. The number of rotatable bonds is 6. The Hall–Kier alpha value is -2.78. The average molecular weight is 375 g/mol. The highest BCUT2D eigenvalue weighted by Gasteiger charge is 2.33. The van der Waals surface area contributed by atoms with E-state index >= 15 is 0 Å². The maximum absolute atomic E-state index is 13.3. The number of nitrogens with one attached hydrogen (secondary N) is 1. The number of nitrogens with zero attached hydrogens (tertiary/aromatic N) is 2. The number of ether oxygens (including phenoxy) is 1. The lowest BCUT2D eigenvalue weighted by Crippen LogP contribution is -2.31. The molecule has 140 valence electrons. The van der Waals surface area contributed by atoms with Crippen LogP contribution in [-0.2, 0) is 17.4 Å². The molecule has 0 aliphatic rings. The Balaban J connectivity index is 1.84. The first-order chi connectivity index (χ1) is 12.1. The molecular weight excluding hydrogens is 361 g/mol. The molecule has 0 aliphatic carbocycles. The van der Waals surface area contributed by atoms with Gasteiger partial charge in [0.25, 0.3) is 5.91 Å². The van der Waals surface area contributed by atoms with Crippen LogP contribution in [0.5, 0.6) is 5.75 Å². The van der Waals surface area contributed by atoms with Gasteiger partial charge in [0.1, 0.15) is 17.3 Å². The normalized spacial score (nSPS) is 11.3. The van der Waals surface area contributed by atoms with Gasteiger partial charge in [0, 0.05) is 24.7 Å². The van der Waals surface area contributed by atoms with E-state index in [1.54, 1.807) is 0 Å². The number of alkyl halides is 3. The number of carbonyl (C=O) groups is 1. The average Bonchev–Trinajstić information content (AvgIpc) is 2.52. The number of amides is 1. The van der Waals surface area contributed by atoms with E-state index in [9.17, 15) is 26.7 Å². The second-order valence-electron chi connectivity index (χ2n) is 5.27. The third kappa shape index (κ3) is 5.64. The van der Waals surface area contributed by atoms with Crippen molar-refractivity contribution in [2.45, 2.75) is 19.5 Å². The summed E-state index contributed by atoms with van der Waals surface area (Å²) in [5, 5.41) is 2.39. The summed E-state index contributed by atoms with van der Waals surface area (Å²) in [5.74, 6) is -2.72. The first kappa shape index (κ1) is 19.5. The molecular formula is C16H14F5N3O2. The summed E-state index contributed by atoms with van der Waals surface area (Å²) >= 11 is 0. The molecule has 2 rings (SSSR count). The summed E-state index contributed by atoms with van der Waals surface area (Å²) in [7, 11) is 0. The van der Waals surface area contributed by atoms with Crippen LogP contribution in [-0.4, -0.2) is 29.0 Å². The Bertz CT molecular complexity index is 796. The van der Waals surface area contributed by atoms with E-state index in [0.29, 0.717) is 6.07 Å². The molecule has 0 spiro atoms. The van der Waals surface area contributed by atoms with Crippen molar-refractivity contribution < 1.29 is 31.5 Å². The van der Waals surface area contributed by atoms with E-state index in [-0.39, 0.29) is 30.2 Å². The molecule has 0 saturated heterocycles. The van der Waals surface area contributed by atoms with Gasteiger partial charge >= 0.3 is 6.18 Å². The van der Waals surface area contributed by atoms with E-state index in [1.807, 2.05) is 0 Å². The van der Waals surface area contributed by atoms with Gasteiger partial charge in [-0.3, -0.25) is 4.79 Å². The molecule has 1 N–H and O–H groups in total. The zero-order valence-electron chi connectivity index (χ0n) is 13.5. The van der Waals surface area contributed by atoms with E-state index in [2.05, 4.69) is 15.3 Å². The Morgan fingerprint density at radius 3 is 2.58 bits per heavy atom. The second-order valence-corrected chi connectivity index (χ2v) is 5.27. The Morgan fingerprint density at radius 2 is 1.92 bits per heavy atom. The third-order valence-corrected chi connectivity index (χ3v) is 3.11. The van der Waals surface area contributed by atoms with Crippen LogP contribution in [0.25, 0.3) is 0 Å². The topological polar surface area (TPSA) is 64.1 Å². The smallest absolute Gasteiger partial charge is 0.433 e. The fraction of sp³-hybridized carbons (Fsp3) is 0.312. The Labute approximate surface area is 145 Å². The van der Waals surface area contributed by atoms with Crippen LogP contribution in [0.1, 0.15) is 17.2 Å². The molecule has 1 aromatic carbocycles. The molecule has 1 amide bonds. The number of aromatic nitrogens is 2. The van der Waals surface area contributed by atoms with Crippen molar-refractivity contribution in [2.75, 3.05) is 13.2 Å². The lowest BCUT2D eigenvalue weighted by molar-refractivity contribution is -0.141. The van der Waals surface area contributed by atoms with Crippen LogP contribution < -0.4 is 10.1 Å². The molecule has 2 aromatic rings. The molecule has 10 heteroatoms. The van der Waals surface area contributed by atoms with Crippen molar-refractivity contribution in [3.05, 3.63) is 53.1 Å². The zero-order chi connectivity index (χ0) is 19.3. The van der Waals surface area contributed by atoms with Crippen LogP contribution >= 0.6 is 0 Å². The van der Waals surface area contributed by atoms with Gasteiger partial charge < -0.3 is 10.1 Å². The van der Waals surface area contributed by atoms with Crippen molar-refractivity contribution in [1.29, 1.82) is 0 Å². The Morgan fingerprint density at radius 1 is 1.19 bits per heavy atom.